The molecular formula is C27H43N3O3. The van der Waals surface area contributed by atoms with Gasteiger partial charge in [-0.05, 0) is 50.1 Å². The van der Waals surface area contributed by atoms with Crippen molar-refractivity contribution in [2.24, 2.45) is 0 Å². The average Bonchev–Trinajstić information content (AvgIpc) is 3.24. The van der Waals surface area contributed by atoms with E-state index in [0.29, 0.717) is 34.6 Å². The quantitative estimate of drug-likeness (QED) is 0.299. The Hall–Kier alpha value is -3.02. The zero-order chi connectivity index (χ0) is 25.6. The first kappa shape index (κ1) is 30.0. The normalized spacial score (nSPS) is 12.3. The molecule has 1 aliphatic rings. The fraction of sp³-hybridized carbons (Fsp3) is 0.481. The Balaban J connectivity index is 0.00000113. The van der Waals surface area contributed by atoms with Crippen molar-refractivity contribution in [3.05, 3.63) is 46.3 Å². The van der Waals surface area contributed by atoms with E-state index in [4.69, 9.17) is 0 Å². The van der Waals surface area contributed by atoms with Gasteiger partial charge < -0.3 is 20.7 Å². The monoisotopic (exact) mass is 457 g/mol. The lowest BCUT2D eigenvalue weighted by Crippen LogP contribution is -2.24. The van der Waals surface area contributed by atoms with Gasteiger partial charge in [-0.3, -0.25) is 9.59 Å². The summed E-state index contributed by atoms with van der Waals surface area (Å²) in [6.07, 6.45) is 5.09. The fourth-order valence-corrected chi connectivity index (χ4v) is 3.05. The van der Waals surface area contributed by atoms with Crippen LogP contribution in [0.25, 0.3) is 11.6 Å². The Morgan fingerprint density at radius 1 is 1.06 bits per heavy atom. The third-order valence-electron chi connectivity index (χ3n) is 4.31. The SMILES string of the molecule is CC.CCC.CCC.CCCNC(=O)c1c(C)[nH]c(/C=C2\C(=O)Nc3ccc(O)cc32)c1C. The van der Waals surface area contributed by atoms with E-state index in [1.165, 1.54) is 18.9 Å². The van der Waals surface area contributed by atoms with Gasteiger partial charge in [-0.15, -0.1) is 0 Å². The van der Waals surface area contributed by atoms with Crippen LogP contribution in [0, 0.1) is 13.8 Å². The molecule has 4 N–H and O–H groups in total. The van der Waals surface area contributed by atoms with Gasteiger partial charge in [0.1, 0.15) is 5.75 Å². The fourth-order valence-electron chi connectivity index (χ4n) is 3.05. The number of H-pyrrole nitrogens is 1. The Morgan fingerprint density at radius 2 is 1.64 bits per heavy atom. The lowest BCUT2D eigenvalue weighted by molar-refractivity contribution is -0.110. The maximum atomic E-state index is 12.3. The van der Waals surface area contributed by atoms with Gasteiger partial charge in [0, 0.05) is 29.2 Å². The highest BCUT2D eigenvalue weighted by molar-refractivity contribution is 6.35. The number of benzene rings is 1. The number of phenols is 1. The molecule has 0 saturated heterocycles. The summed E-state index contributed by atoms with van der Waals surface area (Å²) >= 11 is 0. The molecule has 6 nitrogen and oxygen atoms in total. The zero-order valence-corrected chi connectivity index (χ0v) is 21.9. The van der Waals surface area contributed by atoms with Gasteiger partial charge in [0.2, 0.25) is 0 Å². The van der Waals surface area contributed by atoms with Crippen LogP contribution in [0.3, 0.4) is 0 Å². The summed E-state index contributed by atoms with van der Waals surface area (Å²) in [4.78, 5) is 27.8. The first-order chi connectivity index (χ1) is 15.7. The number of carbonyl (C=O) groups excluding carboxylic acids is 2. The number of aromatic amines is 1. The summed E-state index contributed by atoms with van der Waals surface area (Å²) in [5, 5.41) is 15.3. The molecule has 2 aromatic rings. The summed E-state index contributed by atoms with van der Waals surface area (Å²) in [7, 11) is 0. The summed E-state index contributed by atoms with van der Waals surface area (Å²) in [5.74, 6) is -0.254. The van der Waals surface area contributed by atoms with Crippen molar-refractivity contribution >= 4 is 29.2 Å². The molecule has 0 radical (unpaired) electrons. The van der Waals surface area contributed by atoms with E-state index < -0.39 is 0 Å². The van der Waals surface area contributed by atoms with Gasteiger partial charge in [0.05, 0.1) is 11.1 Å². The summed E-state index contributed by atoms with van der Waals surface area (Å²) in [5.41, 5.74) is 4.63. The number of carbonyl (C=O) groups is 2. The maximum Gasteiger partial charge on any atom is 0.256 e. The smallest absolute Gasteiger partial charge is 0.256 e. The maximum absolute atomic E-state index is 12.3. The first-order valence-electron chi connectivity index (χ1n) is 12.1. The van der Waals surface area contributed by atoms with Crippen LogP contribution in [-0.2, 0) is 4.79 Å². The standard InChI is InChI=1S/C19H21N3O3.2C3H8.C2H6/c1-4-7-20-19(25)17-10(2)16(21-11(17)3)9-14-13-8-12(23)5-6-15(13)22-18(14)24;2*1-3-2;1-2/h5-6,8-9,21,23H,4,7H2,1-3H3,(H,20,25)(H,22,24);2*3H2,1-2H3;1-2H3/b14-9-;;;. The number of nitrogens with one attached hydrogen (secondary N) is 3. The molecule has 0 bridgehead atoms. The minimum atomic E-state index is -0.232. The molecule has 6 heteroatoms. The number of rotatable bonds is 4. The topological polar surface area (TPSA) is 94.2 Å². The molecule has 3 rings (SSSR count). The number of aromatic nitrogens is 1. The van der Waals surface area contributed by atoms with Crippen LogP contribution in [0.15, 0.2) is 18.2 Å². The lowest BCUT2D eigenvalue weighted by atomic mass is 10.0. The molecule has 0 atom stereocenters. The molecule has 184 valence electrons. The Kier molecular flexibility index (Phi) is 14.3. The van der Waals surface area contributed by atoms with Crippen molar-refractivity contribution in [3.8, 4) is 5.75 Å². The van der Waals surface area contributed by atoms with Gasteiger partial charge >= 0.3 is 0 Å². The van der Waals surface area contributed by atoms with Crippen LogP contribution in [0.2, 0.25) is 0 Å². The number of amides is 2. The van der Waals surface area contributed by atoms with Crippen LogP contribution in [0.4, 0.5) is 5.69 Å². The van der Waals surface area contributed by atoms with Crippen molar-refractivity contribution in [1.29, 1.82) is 0 Å². The Bertz CT molecular complexity index is 925. The molecule has 33 heavy (non-hydrogen) atoms. The molecule has 1 aliphatic heterocycles. The van der Waals surface area contributed by atoms with E-state index in [9.17, 15) is 14.7 Å². The Labute approximate surface area is 199 Å². The first-order valence-corrected chi connectivity index (χ1v) is 12.1. The molecular weight excluding hydrogens is 414 g/mol. The van der Waals surface area contributed by atoms with Crippen LogP contribution < -0.4 is 10.6 Å². The Morgan fingerprint density at radius 3 is 2.18 bits per heavy atom. The third kappa shape index (κ3) is 8.44. The predicted molar refractivity (Wildman–Crippen MR) is 141 cm³/mol. The highest BCUT2D eigenvalue weighted by atomic mass is 16.3. The van der Waals surface area contributed by atoms with Crippen molar-refractivity contribution in [1.82, 2.24) is 10.3 Å². The van der Waals surface area contributed by atoms with Crippen molar-refractivity contribution < 1.29 is 14.7 Å². The van der Waals surface area contributed by atoms with Gasteiger partial charge in [-0.1, -0.05) is 61.3 Å². The summed E-state index contributed by atoms with van der Waals surface area (Å²) in [6, 6.07) is 4.75. The number of hydrogen-bond donors (Lipinski definition) is 4. The minimum Gasteiger partial charge on any atom is -0.508 e. The van der Waals surface area contributed by atoms with Crippen molar-refractivity contribution in [2.45, 2.75) is 81.6 Å². The predicted octanol–water partition coefficient (Wildman–Crippen LogP) is 6.83. The molecule has 1 aromatic carbocycles. The van der Waals surface area contributed by atoms with Gasteiger partial charge in [-0.25, -0.2) is 0 Å². The van der Waals surface area contributed by atoms with Crippen LogP contribution >= 0.6 is 0 Å². The number of aryl methyl sites for hydroxylation is 1. The van der Waals surface area contributed by atoms with Crippen LogP contribution in [-0.4, -0.2) is 28.4 Å². The second-order valence-corrected chi connectivity index (χ2v) is 7.58. The van der Waals surface area contributed by atoms with Gasteiger partial charge in [0.15, 0.2) is 0 Å². The molecule has 0 unspecified atom stereocenters. The van der Waals surface area contributed by atoms with Crippen molar-refractivity contribution in [2.75, 3.05) is 11.9 Å². The van der Waals surface area contributed by atoms with E-state index in [1.807, 2.05) is 34.6 Å². The van der Waals surface area contributed by atoms with Gasteiger partial charge in [-0.2, -0.15) is 0 Å². The molecule has 0 spiro atoms. The van der Waals surface area contributed by atoms with E-state index >= 15 is 0 Å². The number of hydrogen-bond acceptors (Lipinski definition) is 3. The van der Waals surface area contributed by atoms with E-state index in [-0.39, 0.29) is 17.6 Å². The third-order valence-corrected chi connectivity index (χ3v) is 4.31. The second kappa shape index (κ2) is 15.7. The minimum absolute atomic E-state index is 0.0974. The van der Waals surface area contributed by atoms with Gasteiger partial charge in [0.25, 0.3) is 11.8 Å². The van der Waals surface area contributed by atoms with Crippen LogP contribution in [0.1, 0.15) is 101 Å². The molecule has 0 aliphatic carbocycles. The average molecular weight is 458 g/mol. The lowest BCUT2D eigenvalue weighted by Gasteiger charge is -2.04. The molecule has 0 fully saturated rings. The highest BCUT2D eigenvalue weighted by Gasteiger charge is 2.26. The summed E-state index contributed by atoms with van der Waals surface area (Å²) in [6.45, 7) is 18.8. The highest BCUT2D eigenvalue weighted by Crippen LogP contribution is 2.36. The number of phenolic OH excluding ortho intramolecular Hbond substituents is 1. The largest absolute Gasteiger partial charge is 0.508 e. The van der Waals surface area contributed by atoms with Crippen LogP contribution in [0.5, 0.6) is 5.75 Å². The van der Waals surface area contributed by atoms with E-state index in [2.05, 4.69) is 43.3 Å². The molecule has 2 heterocycles. The van der Waals surface area contributed by atoms with E-state index in [0.717, 1.165) is 17.7 Å². The van der Waals surface area contributed by atoms with E-state index in [1.54, 1.807) is 18.2 Å². The summed E-state index contributed by atoms with van der Waals surface area (Å²) < 4.78 is 0. The molecule has 2 amide bonds. The number of fused-ring (bicyclic) bond motifs is 1. The number of aromatic hydroxyl groups is 1. The molecule has 0 saturated carbocycles. The second-order valence-electron chi connectivity index (χ2n) is 7.58. The zero-order valence-electron chi connectivity index (χ0n) is 21.9. The van der Waals surface area contributed by atoms with Crippen molar-refractivity contribution in [3.63, 3.8) is 0 Å². The molecule has 1 aromatic heterocycles. The number of anilines is 1.